The van der Waals surface area contributed by atoms with Crippen LogP contribution in [0.2, 0.25) is 0 Å². The van der Waals surface area contributed by atoms with Crippen molar-refractivity contribution in [1.29, 1.82) is 0 Å². The molecule has 0 saturated carbocycles. The molecule has 2 aliphatic heterocycles. The molecule has 132 valence electrons. The summed E-state index contributed by atoms with van der Waals surface area (Å²) in [7, 11) is -3.88. The van der Waals surface area contributed by atoms with Crippen LogP contribution in [-0.4, -0.2) is 39.7 Å². The second kappa shape index (κ2) is 6.25. The topological polar surface area (TPSA) is 80.8 Å². The minimum absolute atomic E-state index is 0.0122. The molecule has 0 amide bonds. The van der Waals surface area contributed by atoms with Crippen molar-refractivity contribution >= 4 is 16.1 Å². The summed E-state index contributed by atoms with van der Waals surface area (Å²) in [6.45, 7) is 2.81. The standard InChI is InChI=1S/C16H16FN3O4S/c17-13-7-12-10-19-25(21,22)24-16(12)14(8-13)11-1-2-15(18-9-11)20-3-5-23-6-4-20/h1-2,7-9,19H,3-6,10H2. The summed E-state index contributed by atoms with van der Waals surface area (Å²) in [4.78, 5) is 6.52. The van der Waals surface area contributed by atoms with Gasteiger partial charge in [0.05, 0.1) is 13.2 Å². The molecule has 0 spiro atoms. The van der Waals surface area contributed by atoms with Crippen molar-refractivity contribution in [2.75, 3.05) is 31.2 Å². The molecule has 0 radical (unpaired) electrons. The maximum atomic E-state index is 13.9. The second-order valence-corrected chi connectivity index (χ2v) is 7.17. The molecule has 4 rings (SSSR count). The first-order valence-electron chi connectivity index (χ1n) is 7.82. The molecule has 1 N–H and O–H groups in total. The molecular weight excluding hydrogens is 349 g/mol. The molecule has 0 atom stereocenters. The molecule has 9 heteroatoms. The van der Waals surface area contributed by atoms with E-state index in [1.165, 1.54) is 12.1 Å². The molecule has 7 nitrogen and oxygen atoms in total. The van der Waals surface area contributed by atoms with E-state index in [-0.39, 0.29) is 12.3 Å². The summed E-state index contributed by atoms with van der Waals surface area (Å²) in [6, 6.07) is 6.12. The van der Waals surface area contributed by atoms with Crippen molar-refractivity contribution in [3.63, 3.8) is 0 Å². The zero-order valence-electron chi connectivity index (χ0n) is 13.2. The molecular formula is C16H16FN3O4S. The van der Waals surface area contributed by atoms with E-state index in [9.17, 15) is 12.8 Å². The van der Waals surface area contributed by atoms with Gasteiger partial charge in [-0.2, -0.15) is 13.1 Å². The lowest BCUT2D eigenvalue weighted by atomic mass is 10.0. The van der Waals surface area contributed by atoms with E-state index in [1.54, 1.807) is 12.3 Å². The van der Waals surface area contributed by atoms with E-state index in [0.29, 0.717) is 29.9 Å². The average molecular weight is 365 g/mol. The van der Waals surface area contributed by atoms with Crippen LogP contribution in [0.1, 0.15) is 5.56 Å². The Morgan fingerprint density at radius 1 is 1.20 bits per heavy atom. The van der Waals surface area contributed by atoms with Gasteiger partial charge in [-0.1, -0.05) is 0 Å². The lowest BCUT2D eigenvalue weighted by molar-refractivity contribution is 0.122. The largest absolute Gasteiger partial charge is 0.382 e. The Morgan fingerprint density at radius 3 is 2.72 bits per heavy atom. The lowest BCUT2D eigenvalue weighted by Gasteiger charge is -2.28. The number of aromatic nitrogens is 1. The number of fused-ring (bicyclic) bond motifs is 1. The molecule has 1 fully saturated rings. The summed E-state index contributed by atoms with van der Waals surface area (Å²) in [6.07, 6.45) is 1.60. The van der Waals surface area contributed by atoms with Crippen molar-refractivity contribution in [2.45, 2.75) is 6.54 Å². The van der Waals surface area contributed by atoms with Gasteiger partial charge in [0.2, 0.25) is 0 Å². The van der Waals surface area contributed by atoms with E-state index in [1.807, 2.05) is 6.07 Å². The summed E-state index contributed by atoms with van der Waals surface area (Å²) in [5.41, 5.74) is 1.40. The predicted molar refractivity (Wildman–Crippen MR) is 89.1 cm³/mol. The van der Waals surface area contributed by atoms with Gasteiger partial charge in [0.15, 0.2) is 5.75 Å². The number of morpholine rings is 1. The van der Waals surface area contributed by atoms with Gasteiger partial charge in [-0.25, -0.2) is 9.37 Å². The van der Waals surface area contributed by atoms with Crippen LogP contribution in [0.4, 0.5) is 10.2 Å². The first-order chi connectivity index (χ1) is 12.0. The number of nitrogens with zero attached hydrogens (tertiary/aromatic N) is 2. The minimum atomic E-state index is -3.88. The number of pyridine rings is 1. The molecule has 1 aromatic heterocycles. The number of rotatable bonds is 2. The highest BCUT2D eigenvalue weighted by Crippen LogP contribution is 2.37. The Hall–Kier alpha value is -2.23. The normalized spacial score (nSPS) is 19.2. The predicted octanol–water partition coefficient (Wildman–Crippen LogP) is 1.45. The van der Waals surface area contributed by atoms with Gasteiger partial charge in [-0.15, -0.1) is 0 Å². The molecule has 3 heterocycles. The Balaban J connectivity index is 1.71. The maximum Gasteiger partial charge on any atom is 0.382 e. The third-order valence-electron chi connectivity index (χ3n) is 4.16. The smallest absolute Gasteiger partial charge is 0.378 e. The van der Waals surface area contributed by atoms with E-state index >= 15 is 0 Å². The number of anilines is 1. The zero-order chi connectivity index (χ0) is 17.4. The fraction of sp³-hybridized carbons (Fsp3) is 0.312. The van der Waals surface area contributed by atoms with Crippen LogP contribution in [0.15, 0.2) is 30.5 Å². The number of hydrogen-bond donors (Lipinski definition) is 1. The maximum absolute atomic E-state index is 13.9. The van der Waals surface area contributed by atoms with Crippen LogP contribution in [0, 0.1) is 5.82 Å². The van der Waals surface area contributed by atoms with Crippen molar-refractivity contribution < 1.29 is 21.7 Å². The average Bonchev–Trinajstić information content (AvgIpc) is 2.62. The van der Waals surface area contributed by atoms with Crippen molar-refractivity contribution in [1.82, 2.24) is 9.71 Å². The zero-order valence-corrected chi connectivity index (χ0v) is 14.1. The molecule has 1 aromatic carbocycles. The Kier molecular flexibility index (Phi) is 4.06. The van der Waals surface area contributed by atoms with Crippen LogP contribution in [0.3, 0.4) is 0 Å². The van der Waals surface area contributed by atoms with Gasteiger partial charge in [-0.05, 0) is 24.3 Å². The molecule has 2 aliphatic rings. The first kappa shape index (κ1) is 16.2. The van der Waals surface area contributed by atoms with Gasteiger partial charge < -0.3 is 13.8 Å². The molecule has 0 unspecified atom stereocenters. The Morgan fingerprint density at radius 2 is 2.00 bits per heavy atom. The highest BCUT2D eigenvalue weighted by atomic mass is 32.2. The molecule has 2 aromatic rings. The lowest BCUT2D eigenvalue weighted by Crippen LogP contribution is -2.36. The number of nitrogens with one attached hydrogen (secondary N) is 1. The van der Waals surface area contributed by atoms with Gasteiger partial charge in [0.1, 0.15) is 11.6 Å². The Bertz CT molecular complexity index is 896. The first-order valence-corrected chi connectivity index (χ1v) is 9.23. The van der Waals surface area contributed by atoms with Crippen LogP contribution in [0.25, 0.3) is 11.1 Å². The summed E-state index contributed by atoms with van der Waals surface area (Å²) in [5.74, 6) is 0.476. The SMILES string of the molecule is O=S1(=O)NCc2cc(F)cc(-c3ccc(N4CCOCC4)nc3)c2O1. The van der Waals surface area contributed by atoms with Gasteiger partial charge in [0.25, 0.3) is 0 Å². The fourth-order valence-electron chi connectivity index (χ4n) is 2.92. The number of ether oxygens (including phenoxy) is 1. The van der Waals surface area contributed by atoms with Gasteiger partial charge >= 0.3 is 10.3 Å². The molecule has 25 heavy (non-hydrogen) atoms. The van der Waals surface area contributed by atoms with E-state index in [2.05, 4.69) is 14.6 Å². The monoisotopic (exact) mass is 365 g/mol. The van der Waals surface area contributed by atoms with Crippen LogP contribution in [0.5, 0.6) is 5.75 Å². The minimum Gasteiger partial charge on any atom is -0.378 e. The quantitative estimate of drug-likeness (QED) is 0.868. The highest BCUT2D eigenvalue weighted by molar-refractivity contribution is 7.85. The number of hydrogen-bond acceptors (Lipinski definition) is 6. The van der Waals surface area contributed by atoms with E-state index in [4.69, 9.17) is 8.92 Å². The summed E-state index contributed by atoms with van der Waals surface area (Å²) in [5, 5.41) is 0. The molecule has 0 aliphatic carbocycles. The number of halogens is 1. The van der Waals surface area contributed by atoms with Crippen molar-refractivity contribution in [3.8, 4) is 16.9 Å². The molecule has 0 bridgehead atoms. The third-order valence-corrected chi connectivity index (χ3v) is 5.04. The number of benzene rings is 1. The summed E-state index contributed by atoms with van der Waals surface area (Å²) >= 11 is 0. The molecule has 1 saturated heterocycles. The van der Waals surface area contributed by atoms with Crippen molar-refractivity contribution in [3.05, 3.63) is 41.8 Å². The van der Waals surface area contributed by atoms with Crippen LogP contribution < -0.4 is 13.8 Å². The van der Waals surface area contributed by atoms with Crippen LogP contribution >= 0.6 is 0 Å². The van der Waals surface area contributed by atoms with E-state index < -0.39 is 16.1 Å². The van der Waals surface area contributed by atoms with Crippen LogP contribution in [-0.2, 0) is 21.6 Å². The van der Waals surface area contributed by atoms with E-state index in [0.717, 1.165) is 18.9 Å². The van der Waals surface area contributed by atoms with Crippen molar-refractivity contribution in [2.24, 2.45) is 0 Å². The highest BCUT2D eigenvalue weighted by Gasteiger charge is 2.26. The second-order valence-electron chi connectivity index (χ2n) is 5.80. The third kappa shape index (κ3) is 3.30. The fourth-order valence-corrected chi connectivity index (χ4v) is 3.73. The van der Waals surface area contributed by atoms with Gasteiger partial charge in [0, 0.05) is 42.5 Å². The van der Waals surface area contributed by atoms with Gasteiger partial charge in [-0.3, -0.25) is 0 Å². The summed E-state index contributed by atoms with van der Waals surface area (Å²) < 4.78 is 49.9. The Labute approximate surface area is 144 Å².